The number of carbonyl (C=O) groups is 2. The SMILES string of the molecule is CCN(C(=O)c1cncc(C(=O)NCCCN(C)C)c1)C1CCS(=O)(=O)C1. The molecule has 1 aromatic heterocycles. The average Bonchev–Trinajstić information content (AvgIpc) is 2.98. The van der Waals surface area contributed by atoms with Crippen LogP contribution in [0.3, 0.4) is 0 Å². The highest BCUT2D eigenvalue weighted by Crippen LogP contribution is 2.20. The Morgan fingerprint density at radius 2 is 1.96 bits per heavy atom. The standard InChI is InChI=1S/C18H28N4O4S/c1-4-22(16-6-9-27(25,26)13-16)18(24)15-10-14(11-19-12-15)17(23)20-7-5-8-21(2)3/h10-12,16H,4-9,13H2,1-3H3,(H,20,23). The van der Waals surface area contributed by atoms with Crippen molar-refractivity contribution in [1.82, 2.24) is 20.1 Å². The molecule has 1 aliphatic rings. The topological polar surface area (TPSA) is 99.7 Å². The minimum atomic E-state index is -3.08. The molecule has 2 heterocycles. The first-order valence-electron chi connectivity index (χ1n) is 9.13. The van der Waals surface area contributed by atoms with Gasteiger partial charge < -0.3 is 15.1 Å². The summed E-state index contributed by atoms with van der Waals surface area (Å²) < 4.78 is 23.4. The van der Waals surface area contributed by atoms with E-state index in [9.17, 15) is 18.0 Å². The monoisotopic (exact) mass is 396 g/mol. The molecule has 1 N–H and O–H groups in total. The molecule has 1 aliphatic heterocycles. The van der Waals surface area contributed by atoms with E-state index in [-0.39, 0.29) is 29.4 Å². The molecule has 0 saturated carbocycles. The molecule has 1 fully saturated rings. The number of nitrogens with zero attached hydrogens (tertiary/aromatic N) is 3. The molecule has 0 spiro atoms. The highest BCUT2D eigenvalue weighted by Gasteiger charge is 2.34. The Kier molecular flexibility index (Phi) is 7.32. The van der Waals surface area contributed by atoms with Crippen molar-refractivity contribution in [3.05, 3.63) is 29.6 Å². The third-order valence-corrected chi connectivity index (χ3v) is 6.32. The van der Waals surface area contributed by atoms with Crippen LogP contribution in [0.2, 0.25) is 0 Å². The van der Waals surface area contributed by atoms with Crippen LogP contribution >= 0.6 is 0 Å². The fourth-order valence-corrected chi connectivity index (χ4v) is 4.87. The van der Waals surface area contributed by atoms with Gasteiger partial charge in [-0.15, -0.1) is 0 Å². The summed E-state index contributed by atoms with van der Waals surface area (Å²) in [6.07, 6.45) is 4.11. The first-order chi connectivity index (χ1) is 12.7. The first-order valence-corrected chi connectivity index (χ1v) is 10.9. The molecular formula is C18H28N4O4S. The minimum Gasteiger partial charge on any atom is -0.352 e. The fourth-order valence-electron chi connectivity index (χ4n) is 3.13. The second-order valence-electron chi connectivity index (χ2n) is 7.02. The van der Waals surface area contributed by atoms with E-state index in [1.165, 1.54) is 18.5 Å². The maximum absolute atomic E-state index is 12.8. The maximum Gasteiger partial charge on any atom is 0.255 e. The van der Waals surface area contributed by atoms with Gasteiger partial charge in [0.25, 0.3) is 11.8 Å². The number of aromatic nitrogens is 1. The van der Waals surface area contributed by atoms with Gasteiger partial charge in [-0.3, -0.25) is 14.6 Å². The molecule has 1 unspecified atom stereocenters. The smallest absolute Gasteiger partial charge is 0.255 e. The van der Waals surface area contributed by atoms with Crippen molar-refractivity contribution in [2.45, 2.75) is 25.8 Å². The number of hydrogen-bond donors (Lipinski definition) is 1. The average molecular weight is 397 g/mol. The summed E-state index contributed by atoms with van der Waals surface area (Å²) in [5, 5.41) is 2.82. The van der Waals surface area contributed by atoms with Gasteiger partial charge in [0.2, 0.25) is 0 Å². The molecule has 1 saturated heterocycles. The van der Waals surface area contributed by atoms with E-state index in [1.807, 2.05) is 25.9 Å². The maximum atomic E-state index is 12.8. The molecule has 1 aromatic rings. The van der Waals surface area contributed by atoms with Crippen LogP contribution in [0.15, 0.2) is 18.5 Å². The minimum absolute atomic E-state index is 0.00788. The number of amides is 2. The predicted octanol–water partition coefficient (Wildman–Crippen LogP) is 0.412. The molecule has 9 heteroatoms. The van der Waals surface area contributed by atoms with Crippen molar-refractivity contribution in [2.75, 3.05) is 45.2 Å². The Labute approximate surface area is 160 Å². The Bertz CT molecular complexity index is 779. The molecule has 150 valence electrons. The summed E-state index contributed by atoms with van der Waals surface area (Å²) in [6.45, 7) is 3.63. The Morgan fingerprint density at radius 3 is 2.56 bits per heavy atom. The van der Waals surface area contributed by atoms with Gasteiger partial charge in [0.15, 0.2) is 9.84 Å². The number of carbonyl (C=O) groups excluding carboxylic acids is 2. The van der Waals surface area contributed by atoms with Crippen molar-refractivity contribution < 1.29 is 18.0 Å². The van der Waals surface area contributed by atoms with Crippen molar-refractivity contribution in [2.24, 2.45) is 0 Å². The highest BCUT2D eigenvalue weighted by atomic mass is 32.2. The number of rotatable bonds is 8. The van der Waals surface area contributed by atoms with Gasteiger partial charge in [0, 0.05) is 31.5 Å². The molecule has 27 heavy (non-hydrogen) atoms. The molecule has 0 aromatic carbocycles. The van der Waals surface area contributed by atoms with E-state index < -0.39 is 9.84 Å². The number of hydrogen-bond acceptors (Lipinski definition) is 6. The van der Waals surface area contributed by atoms with Gasteiger partial charge in [-0.25, -0.2) is 8.42 Å². The zero-order valence-electron chi connectivity index (χ0n) is 16.1. The van der Waals surface area contributed by atoms with Crippen LogP contribution in [-0.2, 0) is 9.84 Å². The zero-order valence-corrected chi connectivity index (χ0v) is 17.0. The predicted molar refractivity (Wildman–Crippen MR) is 104 cm³/mol. The normalized spacial score (nSPS) is 18.4. The fraction of sp³-hybridized carbons (Fsp3) is 0.611. The van der Waals surface area contributed by atoms with Gasteiger partial charge in [-0.05, 0) is 46.5 Å². The molecule has 0 aliphatic carbocycles. The Hall–Kier alpha value is -2.00. The van der Waals surface area contributed by atoms with E-state index in [1.54, 1.807) is 4.90 Å². The van der Waals surface area contributed by atoms with Gasteiger partial charge in [0.05, 0.1) is 22.6 Å². The molecule has 8 nitrogen and oxygen atoms in total. The van der Waals surface area contributed by atoms with Crippen LogP contribution in [-0.4, -0.2) is 86.3 Å². The van der Waals surface area contributed by atoms with Crippen LogP contribution in [0.25, 0.3) is 0 Å². The van der Waals surface area contributed by atoms with Crippen molar-refractivity contribution in [3.63, 3.8) is 0 Å². The van der Waals surface area contributed by atoms with Crippen LogP contribution in [0.1, 0.15) is 40.5 Å². The van der Waals surface area contributed by atoms with E-state index in [0.717, 1.165) is 13.0 Å². The quantitative estimate of drug-likeness (QED) is 0.639. The van der Waals surface area contributed by atoms with Crippen LogP contribution in [0.4, 0.5) is 0 Å². The molecule has 0 bridgehead atoms. The zero-order chi connectivity index (χ0) is 20.0. The number of sulfone groups is 1. The molecular weight excluding hydrogens is 368 g/mol. The van der Waals surface area contributed by atoms with Gasteiger partial charge in [-0.1, -0.05) is 0 Å². The first kappa shape index (κ1) is 21.3. The van der Waals surface area contributed by atoms with Crippen molar-refractivity contribution in [1.29, 1.82) is 0 Å². The van der Waals surface area contributed by atoms with Crippen LogP contribution in [0, 0.1) is 0 Å². The van der Waals surface area contributed by atoms with E-state index in [0.29, 0.717) is 30.6 Å². The summed E-state index contributed by atoms with van der Waals surface area (Å²) in [4.78, 5) is 32.7. The van der Waals surface area contributed by atoms with E-state index in [4.69, 9.17) is 0 Å². The second kappa shape index (κ2) is 9.27. The lowest BCUT2D eigenvalue weighted by Crippen LogP contribution is -2.41. The third-order valence-electron chi connectivity index (χ3n) is 4.57. The summed E-state index contributed by atoms with van der Waals surface area (Å²) in [6, 6.07) is 1.19. The third kappa shape index (κ3) is 6.00. The van der Waals surface area contributed by atoms with Crippen LogP contribution < -0.4 is 5.32 Å². The van der Waals surface area contributed by atoms with Crippen molar-refractivity contribution >= 4 is 21.7 Å². The van der Waals surface area contributed by atoms with Gasteiger partial charge >= 0.3 is 0 Å². The molecule has 1 atom stereocenters. The summed E-state index contributed by atoms with van der Waals surface area (Å²) in [5.41, 5.74) is 0.614. The van der Waals surface area contributed by atoms with E-state index in [2.05, 4.69) is 10.3 Å². The summed E-state index contributed by atoms with van der Waals surface area (Å²) in [5.74, 6) is -0.474. The Balaban J connectivity index is 2.04. The van der Waals surface area contributed by atoms with Crippen molar-refractivity contribution in [3.8, 4) is 0 Å². The van der Waals surface area contributed by atoms with Crippen LogP contribution in [0.5, 0.6) is 0 Å². The lowest BCUT2D eigenvalue weighted by Gasteiger charge is -2.26. The molecule has 0 radical (unpaired) electrons. The lowest BCUT2D eigenvalue weighted by atomic mass is 10.1. The van der Waals surface area contributed by atoms with E-state index >= 15 is 0 Å². The van der Waals surface area contributed by atoms with Gasteiger partial charge in [-0.2, -0.15) is 0 Å². The largest absolute Gasteiger partial charge is 0.352 e. The second-order valence-corrected chi connectivity index (χ2v) is 9.25. The molecule has 2 amide bonds. The molecule has 2 rings (SSSR count). The Morgan fingerprint density at radius 1 is 1.26 bits per heavy atom. The number of nitrogens with one attached hydrogen (secondary N) is 1. The lowest BCUT2D eigenvalue weighted by molar-refractivity contribution is 0.0708. The van der Waals surface area contributed by atoms with Gasteiger partial charge in [0.1, 0.15) is 0 Å². The summed E-state index contributed by atoms with van der Waals surface area (Å²) in [7, 11) is 0.852. The number of pyridine rings is 1. The summed E-state index contributed by atoms with van der Waals surface area (Å²) >= 11 is 0. The highest BCUT2D eigenvalue weighted by molar-refractivity contribution is 7.91.